The van der Waals surface area contributed by atoms with Gasteiger partial charge < -0.3 is 0 Å². The normalized spacial score (nSPS) is 25.2. The minimum Gasteiger partial charge on any atom is -0.299 e. The molecule has 1 aliphatic rings. The number of hydrogen-bond donors (Lipinski definition) is 0. The third-order valence-electron chi connectivity index (χ3n) is 3.37. The van der Waals surface area contributed by atoms with Gasteiger partial charge >= 0.3 is 6.18 Å². The molecule has 4 heteroatoms. The lowest BCUT2D eigenvalue weighted by atomic mass is 9.75. The summed E-state index contributed by atoms with van der Waals surface area (Å²) in [6, 6.07) is 8.34. The molecule has 0 aliphatic heterocycles. The zero-order valence-corrected chi connectivity index (χ0v) is 9.26. The van der Waals surface area contributed by atoms with E-state index in [0.29, 0.717) is 18.4 Å². The molecule has 0 amide bonds. The zero-order valence-electron chi connectivity index (χ0n) is 9.26. The van der Waals surface area contributed by atoms with E-state index in [1.807, 2.05) is 0 Å². The maximum absolute atomic E-state index is 12.7. The first kappa shape index (κ1) is 12.1. The first-order valence-electron chi connectivity index (χ1n) is 5.60. The Morgan fingerprint density at radius 2 is 1.82 bits per heavy atom. The number of hydrogen-bond acceptors (Lipinski definition) is 1. The number of carbonyl (C=O) groups excluding carboxylic acids is 1. The summed E-state index contributed by atoms with van der Waals surface area (Å²) in [6.45, 7) is 0. The van der Waals surface area contributed by atoms with Crippen LogP contribution in [0.3, 0.4) is 0 Å². The van der Waals surface area contributed by atoms with E-state index in [0.717, 1.165) is 0 Å². The fourth-order valence-electron chi connectivity index (χ4n) is 2.62. The van der Waals surface area contributed by atoms with Crippen LogP contribution < -0.4 is 0 Å². The summed E-state index contributed by atoms with van der Waals surface area (Å²) < 4.78 is 38.0. The Kier molecular flexibility index (Phi) is 2.98. The molecule has 0 saturated heterocycles. The quantitative estimate of drug-likeness (QED) is 0.774. The Bertz CT molecular complexity index is 410. The van der Waals surface area contributed by atoms with Crippen LogP contribution in [0.25, 0.3) is 0 Å². The largest absolute Gasteiger partial charge is 0.390 e. The summed E-state index contributed by atoms with van der Waals surface area (Å²) in [4.78, 5) is 11.9. The SMILES string of the molecule is O=C1CCCC1(CC(F)(F)F)c1ccccc1. The monoisotopic (exact) mass is 242 g/mol. The first-order chi connectivity index (χ1) is 7.94. The van der Waals surface area contributed by atoms with Crippen LogP contribution in [0, 0.1) is 0 Å². The summed E-state index contributed by atoms with van der Waals surface area (Å²) in [7, 11) is 0. The van der Waals surface area contributed by atoms with Gasteiger partial charge in [-0.1, -0.05) is 30.3 Å². The second-order valence-electron chi connectivity index (χ2n) is 4.52. The molecule has 0 N–H and O–H groups in total. The van der Waals surface area contributed by atoms with Gasteiger partial charge in [0.1, 0.15) is 5.78 Å². The van der Waals surface area contributed by atoms with Crippen LogP contribution in [0.1, 0.15) is 31.2 Å². The highest BCUT2D eigenvalue weighted by molar-refractivity contribution is 5.92. The van der Waals surface area contributed by atoms with E-state index in [1.54, 1.807) is 30.3 Å². The van der Waals surface area contributed by atoms with E-state index in [2.05, 4.69) is 0 Å². The highest BCUT2D eigenvalue weighted by atomic mass is 19.4. The van der Waals surface area contributed by atoms with Crippen LogP contribution in [0.5, 0.6) is 0 Å². The highest BCUT2D eigenvalue weighted by Gasteiger charge is 2.50. The maximum atomic E-state index is 12.7. The lowest BCUT2D eigenvalue weighted by molar-refractivity contribution is -0.155. The van der Waals surface area contributed by atoms with E-state index in [-0.39, 0.29) is 12.2 Å². The van der Waals surface area contributed by atoms with Gasteiger partial charge in [-0.3, -0.25) is 4.79 Å². The molecule has 0 aromatic heterocycles. The number of benzene rings is 1. The molecule has 0 bridgehead atoms. The lowest BCUT2D eigenvalue weighted by Crippen LogP contribution is -2.36. The number of halogens is 3. The minimum absolute atomic E-state index is 0.255. The molecule has 1 aromatic rings. The molecule has 0 spiro atoms. The molecule has 1 saturated carbocycles. The minimum atomic E-state index is -4.31. The smallest absolute Gasteiger partial charge is 0.299 e. The van der Waals surface area contributed by atoms with E-state index < -0.39 is 18.0 Å². The summed E-state index contributed by atoms with van der Waals surface area (Å²) in [5.74, 6) is -0.277. The van der Waals surface area contributed by atoms with Crippen molar-refractivity contribution < 1.29 is 18.0 Å². The van der Waals surface area contributed by atoms with Crippen molar-refractivity contribution in [1.29, 1.82) is 0 Å². The molecule has 1 aliphatic carbocycles. The summed E-state index contributed by atoms with van der Waals surface area (Å²) in [5, 5.41) is 0. The van der Waals surface area contributed by atoms with Crippen LogP contribution in [0.4, 0.5) is 13.2 Å². The number of rotatable bonds is 2. The second kappa shape index (κ2) is 4.17. The Balaban J connectivity index is 2.42. The Labute approximate surface area is 97.6 Å². The Morgan fingerprint density at radius 1 is 1.18 bits per heavy atom. The molecule has 1 nitrogen and oxygen atoms in total. The Morgan fingerprint density at radius 3 is 2.29 bits per heavy atom. The van der Waals surface area contributed by atoms with Crippen LogP contribution in [0.2, 0.25) is 0 Å². The predicted octanol–water partition coefficient (Wildman–Crippen LogP) is 3.63. The molecular weight excluding hydrogens is 229 g/mol. The van der Waals surface area contributed by atoms with Crippen LogP contribution >= 0.6 is 0 Å². The third kappa shape index (κ3) is 2.35. The molecular formula is C13H13F3O. The van der Waals surface area contributed by atoms with Crippen LogP contribution in [-0.2, 0) is 10.2 Å². The third-order valence-corrected chi connectivity index (χ3v) is 3.37. The summed E-state index contributed by atoms with van der Waals surface area (Å²) in [5.41, 5.74) is -0.834. The van der Waals surface area contributed by atoms with Gasteiger partial charge in [-0.05, 0) is 18.4 Å². The number of carbonyl (C=O) groups is 1. The molecule has 1 unspecified atom stereocenters. The van der Waals surface area contributed by atoms with E-state index in [1.165, 1.54) is 0 Å². The van der Waals surface area contributed by atoms with Crippen molar-refractivity contribution in [3.63, 3.8) is 0 Å². The van der Waals surface area contributed by atoms with Crippen molar-refractivity contribution in [2.45, 2.75) is 37.3 Å². The number of ketones is 1. The zero-order chi connectivity index (χ0) is 12.5. The molecule has 17 heavy (non-hydrogen) atoms. The van der Waals surface area contributed by atoms with Crippen molar-refractivity contribution >= 4 is 5.78 Å². The number of Topliss-reactive ketones (excluding diaryl/α,β-unsaturated/α-hetero) is 1. The molecule has 1 aromatic carbocycles. The van der Waals surface area contributed by atoms with Gasteiger partial charge in [-0.25, -0.2) is 0 Å². The van der Waals surface area contributed by atoms with Gasteiger partial charge in [-0.2, -0.15) is 13.2 Å². The van der Waals surface area contributed by atoms with Crippen LogP contribution in [0.15, 0.2) is 30.3 Å². The first-order valence-corrected chi connectivity index (χ1v) is 5.60. The molecule has 0 radical (unpaired) electrons. The molecule has 1 atom stereocenters. The average Bonchev–Trinajstić information content (AvgIpc) is 2.60. The second-order valence-corrected chi connectivity index (χ2v) is 4.52. The predicted molar refractivity (Wildman–Crippen MR) is 57.7 cm³/mol. The van der Waals surface area contributed by atoms with Crippen molar-refractivity contribution in [3.05, 3.63) is 35.9 Å². The Hall–Kier alpha value is -1.32. The van der Waals surface area contributed by atoms with Gasteiger partial charge in [0.05, 0.1) is 11.8 Å². The van der Waals surface area contributed by atoms with Gasteiger partial charge in [-0.15, -0.1) is 0 Å². The van der Waals surface area contributed by atoms with Gasteiger partial charge in [0.15, 0.2) is 0 Å². The van der Waals surface area contributed by atoms with Crippen LogP contribution in [-0.4, -0.2) is 12.0 Å². The summed E-state index contributed by atoms with van der Waals surface area (Å²) in [6.07, 6.45) is -4.25. The van der Waals surface area contributed by atoms with Crippen molar-refractivity contribution in [2.75, 3.05) is 0 Å². The molecule has 1 fully saturated rings. The highest BCUT2D eigenvalue weighted by Crippen LogP contribution is 2.45. The van der Waals surface area contributed by atoms with E-state index in [4.69, 9.17) is 0 Å². The van der Waals surface area contributed by atoms with Gasteiger partial charge in [0.2, 0.25) is 0 Å². The fourth-order valence-corrected chi connectivity index (χ4v) is 2.62. The summed E-state index contributed by atoms with van der Waals surface area (Å²) >= 11 is 0. The molecule has 92 valence electrons. The van der Waals surface area contributed by atoms with E-state index >= 15 is 0 Å². The number of alkyl halides is 3. The van der Waals surface area contributed by atoms with Gasteiger partial charge in [0.25, 0.3) is 0 Å². The van der Waals surface area contributed by atoms with Crippen molar-refractivity contribution in [2.24, 2.45) is 0 Å². The van der Waals surface area contributed by atoms with Crippen molar-refractivity contribution in [3.8, 4) is 0 Å². The fraction of sp³-hybridized carbons (Fsp3) is 0.462. The van der Waals surface area contributed by atoms with Gasteiger partial charge in [0, 0.05) is 6.42 Å². The van der Waals surface area contributed by atoms with E-state index in [9.17, 15) is 18.0 Å². The average molecular weight is 242 g/mol. The molecule has 2 rings (SSSR count). The maximum Gasteiger partial charge on any atom is 0.390 e. The molecule has 0 heterocycles. The topological polar surface area (TPSA) is 17.1 Å². The lowest BCUT2D eigenvalue weighted by Gasteiger charge is -2.29. The van der Waals surface area contributed by atoms with Crippen molar-refractivity contribution in [1.82, 2.24) is 0 Å². The standard InChI is InChI=1S/C13H13F3O/c14-13(15,16)9-12(8-4-7-11(12)17)10-5-2-1-3-6-10/h1-3,5-6H,4,7-9H2.